The lowest BCUT2D eigenvalue weighted by atomic mass is 10.00. The molecule has 0 atom stereocenters. The van der Waals surface area contributed by atoms with Crippen LogP contribution in [-0.2, 0) is 6.42 Å². The van der Waals surface area contributed by atoms with Crippen molar-refractivity contribution in [3.05, 3.63) is 72.2 Å². The highest BCUT2D eigenvalue weighted by molar-refractivity contribution is 14.0. The Hall–Kier alpha value is -2.75. The fraction of sp³-hybridized carbons (Fsp3) is 0.304. The van der Waals surface area contributed by atoms with Crippen LogP contribution in [0.4, 0.5) is 0 Å². The lowest BCUT2D eigenvalue weighted by Crippen LogP contribution is -2.43. The van der Waals surface area contributed by atoms with Crippen molar-refractivity contribution < 1.29 is 4.52 Å². The number of halogens is 1. The Balaban J connectivity index is 0.00000272. The van der Waals surface area contributed by atoms with Crippen molar-refractivity contribution in [2.45, 2.75) is 19.8 Å². The number of nitrogens with zero attached hydrogens (tertiary/aromatic N) is 5. The van der Waals surface area contributed by atoms with Crippen LogP contribution < -0.4 is 5.32 Å². The van der Waals surface area contributed by atoms with Crippen molar-refractivity contribution in [1.82, 2.24) is 25.3 Å². The molecule has 0 fully saturated rings. The van der Waals surface area contributed by atoms with Gasteiger partial charge in [0.05, 0.1) is 0 Å². The Morgan fingerprint density at radius 1 is 1.16 bits per heavy atom. The van der Waals surface area contributed by atoms with Crippen LogP contribution in [0.1, 0.15) is 24.7 Å². The van der Waals surface area contributed by atoms with Crippen LogP contribution in [0.3, 0.4) is 0 Å². The number of nitrogens with one attached hydrogen (secondary N) is 1. The summed E-state index contributed by atoms with van der Waals surface area (Å²) in [6, 6.07) is 16.2. The molecule has 8 heteroatoms. The zero-order chi connectivity index (χ0) is 20.6. The topological polar surface area (TPSA) is 79.4 Å². The second-order valence-corrected chi connectivity index (χ2v) is 7.01. The first-order chi connectivity index (χ1) is 14.8. The van der Waals surface area contributed by atoms with Gasteiger partial charge in [-0.2, -0.15) is 4.98 Å². The summed E-state index contributed by atoms with van der Waals surface area (Å²) in [5, 5.41) is 7.45. The Morgan fingerprint density at radius 3 is 2.71 bits per heavy atom. The SMILES string of the molecule is CCNC(=NCCc1noc(-c2ccccn2)n1)N1CC=C(c2ccccc2)CC1.I. The summed E-state index contributed by atoms with van der Waals surface area (Å²) in [6.07, 6.45) is 5.63. The molecule has 162 valence electrons. The molecule has 3 aromatic rings. The van der Waals surface area contributed by atoms with Crippen LogP contribution >= 0.6 is 24.0 Å². The van der Waals surface area contributed by atoms with Gasteiger partial charge in [0.15, 0.2) is 11.8 Å². The second-order valence-electron chi connectivity index (χ2n) is 7.01. The fourth-order valence-corrected chi connectivity index (χ4v) is 3.41. The van der Waals surface area contributed by atoms with Gasteiger partial charge in [-0.3, -0.25) is 9.98 Å². The van der Waals surface area contributed by atoms with Gasteiger partial charge in [0, 0.05) is 38.8 Å². The molecule has 0 saturated heterocycles. The molecule has 7 nitrogen and oxygen atoms in total. The predicted molar refractivity (Wildman–Crippen MR) is 133 cm³/mol. The molecule has 0 bridgehead atoms. The van der Waals surface area contributed by atoms with Gasteiger partial charge in [-0.1, -0.05) is 47.6 Å². The number of aromatic nitrogens is 3. The van der Waals surface area contributed by atoms with Crippen LogP contribution in [0, 0.1) is 0 Å². The monoisotopic (exact) mass is 530 g/mol. The third-order valence-electron chi connectivity index (χ3n) is 4.94. The van der Waals surface area contributed by atoms with E-state index in [1.54, 1.807) is 6.20 Å². The summed E-state index contributed by atoms with van der Waals surface area (Å²) >= 11 is 0. The number of hydrogen-bond donors (Lipinski definition) is 1. The van der Waals surface area contributed by atoms with Crippen molar-refractivity contribution >= 4 is 35.5 Å². The van der Waals surface area contributed by atoms with Crippen LogP contribution in [0.2, 0.25) is 0 Å². The van der Waals surface area contributed by atoms with E-state index in [9.17, 15) is 0 Å². The van der Waals surface area contributed by atoms with Gasteiger partial charge in [-0.25, -0.2) is 0 Å². The number of rotatable bonds is 6. The second kappa shape index (κ2) is 11.6. The summed E-state index contributed by atoms with van der Waals surface area (Å²) < 4.78 is 5.32. The number of benzene rings is 1. The number of aliphatic imine (C=N–C) groups is 1. The largest absolute Gasteiger partial charge is 0.357 e. The standard InChI is InChI=1S/C23H26N6O.HI/c1-2-24-23(29-16-12-19(13-17-29)18-8-4-3-5-9-18)26-15-11-21-27-22(30-28-21)20-10-6-7-14-25-20;/h3-10,12,14H,2,11,13,15-17H2,1H3,(H,24,26);1H. The summed E-state index contributed by atoms with van der Waals surface area (Å²) in [6.45, 7) is 5.30. The molecule has 0 spiro atoms. The Bertz CT molecular complexity index is 1000. The quantitative estimate of drug-likeness (QED) is 0.295. The molecule has 2 aromatic heterocycles. The first-order valence-corrected chi connectivity index (χ1v) is 10.3. The van der Waals surface area contributed by atoms with E-state index in [0.717, 1.165) is 32.0 Å². The third-order valence-corrected chi connectivity index (χ3v) is 4.94. The van der Waals surface area contributed by atoms with E-state index in [2.05, 4.69) is 68.7 Å². The van der Waals surface area contributed by atoms with Crippen LogP contribution in [0.15, 0.2) is 70.3 Å². The van der Waals surface area contributed by atoms with Crippen molar-refractivity contribution in [3.63, 3.8) is 0 Å². The summed E-state index contributed by atoms with van der Waals surface area (Å²) in [5.74, 6) is 2.01. The number of hydrogen-bond acceptors (Lipinski definition) is 5. The third kappa shape index (κ3) is 6.13. The summed E-state index contributed by atoms with van der Waals surface area (Å²) in [7, 11) is 0. The highest BCUT2D eigenvalue weighted by Gasteiger charge is 2.16. The molecular formula is C23H27IN6O. The fourth-order valence-electron chi connectivity index (χ4n) is 3.41. The maximum atomic E-state index is 5.32. The van der Waals surface area contributed by atoms with Crippen LogP contribution in [0.5, 0.6) is 0 Å². The molecule has 0 saturated carbocycles. The Morgan fingerprint density at radius 2 is 2.00 bits per heavy atom. The number of pyridine rings is 1. The van der Waals surface area contributed by atoms with Gasteiger partial charge in [0.1, 0.15) is 5.69 Å². The first-order valence-electron chi connectivity index (χ1n) is 10.3. The van der Waals surface area contributed by atoms with Crippen molar-refractivity contribution in [2.24, 2.45) is 4.99 Å². The lowest BCUT2D eigenvalue weighted by Gasteiger charge is -2.29. The molecule has 0 radical (unpaired) electrons. The average Bonchev–Trinajstić information content (AvgIpc) is 3.29. The van der Waals surface area contributed by atoms with E-state index in [-0.39, 0.29) is 24.0 Å². The minimum Gasteiger partial charge on any atom is -0.357 e. The average molecular weight is 530 g/mol. The van der Waals surface area contributed by atoms with E-state index in [4.69, 9.17) is 9.52 Å². The minimum absolute atomic E-state index is 0. The van der Waals surface area contributed by atoms with Gasteiger partial charge < -0.3 is 14.7 Å². The Labute approximate surface area is 199 Å². The van der Waals surface area contributed by atoms with Gasteiger partial charge in [-0.05, 0) is 36.6 Å². The van der Waals surface area contributed by atoms with Crippen molar-refractivity contribution in [3.8, 4) is 11.6 Å². The zero-order valence-corrected chi connectivity index (χ0v) is 19.9. The van der Waals surface area contributed by atoms with Gasteiger partial charge in [0.2, 0.25) is 0 Å². The molecule has 0 unspecified atom stereocenters. The molecule has 0 amide bonds. The normalized spacial score (nSPS) is 14.0. The first kappa shape index (κ1) is 22.9. The van der Waals surface area contributed by atoms with E-state index in [1.165, 1.54) is 11.1 Å². The molecule has 4 rings (SSSR count). The van der Waals surface area contributed by atoms with E-state index < -0.39 is 0 Å². The lowest BCUT2D eigenvalue weighted by molar-refractivity contribution is 0.421. The minimum atomic E-state index is 0. The molecule has 1 aromatic carbocycles. The Kier molecular flexibility index (Phi) is 8.57. The predicted octanol–water partition coefficient (Wildman–Crippen LogP) is 4.05. The van der Waals surface area contributed by atoms with Crippen LogP contribution in [-0.4, -0.2) is 52.2 Å². The number of guanidine groups is 1. The van der Waals surface area contributed by atoms with Gasteiger partial charge >= 0.3 is 0 Å². The molecule has 3 heterocycles. The van der Waals surface area contributed by atoms with Crippen LogP contribution in [0.25, 0.3) is 17.2 Å². The summed E-state index contributed by atoms with van der Waals surface area (Å²) in [4.78, 5) is 15.7. The highest BCUT2D eigenvalue weighted by Crippen LogP contribution is 2.22. The zero-order valence-electron chi connectivity index (χ0n) is 17.6. The van der Waals surface area contributed by atoms with Crippen molar-refractivity contribution in [1.29, 1.82) is 0 Å². The van der Waals surface area contributed by atoms with E-state index >= 15 is 0 Å². The molecule has 1 aliphatic heterocycles. The van der Waals surface area contributed by atoms with E-state index in [1.807, 2.05) is 18.2 Å². The molecule has 1 aliphatic rings. The van der Waals surface area contributed by atoms with Crippen molar-refractivity contribution in [2.75, 3.05) is 26.2 Å². The smallest absolute Gasteiger partial charge is 0.276 e. The highest BCUT2D eigenvalue weighted by atomic mass is 127. The summed E-state index contributed by atoms with van der Waals surface area (Å²) in [5.41, 5.74) is 3.39. The molecular weight excluding hydrogens is 503 g/mol. The van der Waals surface area contributed by atoms with E-state index in [0.29, 0.717) is 30.4 Å². The molecule has 1 N–H and O–H groups in total. The molecule has 0 aliphatic carbocycles. The maximum Gasteiger partial charge on any atom is 0.276 e. The maximum absolute atomic E-state index is 5.32. The van der Waals surface area contributed by atoms with Gasteiger partial charge in [0.25, 0.3) is 5.89 Å². The molecule has 31 heavy (non-hydrogen) atoms. The van der Waals surface area contributed by atoms with Gasteiger partial charge in [-0.15, -0.1) is 24.0 Å².